The van der Waals surface area contributed by atoms with E-state index in [1.54, 1.807) is 6.92 Å². The van der Waals surface area contributed by atoms with Crippen molar-refractivity contribution in [1.29, 1.82) is 15.8 Å². The van der Waals surface area contributed by atoms with Gasteiger partial charge >= 0.3 is 5.97 Å². The number of fused-ring (bicyclic) bond motifs is 1. The zero-order chi connectivity index (χ0) is 38.3. The van der Waals surface area contributed by atoms with E-state index >= 15 is 0 Å². The lowest BCUT2D eigenvalue weighted by molar-refractivity contribution is -0.142. The van der Waals surface area contributed by atoms with E-state index in [1.165, 1.54) is 16.9 Å². The maximum atomic E-state index is 12.1. The molecular formula is C44H49ClN4O3. The summed E-state index contributed by atoms with van der Waals surface area (Å²) in [6.45, 7) is 17.6. The van der Waals surface area contributed by atoms with Gasteiger partial charge in [0.15, 0.2) is 17.9 Å². The molecule has 1 aromatic rings. The Balaban J connectivity index is 1.68. The molecule has 0 saturated carbocycles. The highest BCUT2D eigenvalue weighted by Gasteiger charge is 2.41. The molecule has 0 fully saturated rings. The molecule has 52 heavy (non-hydrogen) atoms. The van der Waals surface area contributed by atoms with Crippen molar-refractivity contribution in [2.45, 2.75) is 105 Å². The van der Waals surface area contributed by atoms with Crippen LogP contribution in [0, 0.1) is 57.2 Å². The number of anilines is 1. The fourth-order valence-corrected chi connectivity index (χ4v) is 7.37. The Bertz CT molecular complexity index is 1950. The zero-order valence-corrected chi connectivity index (χ0v) is 32.5. The van der Waals surface area contributed by atoms with E-state index in [1.807, 2.05) is 38.1 Å². The third-order valence-corrected chi connectivity index (χ3v) is 10.7. The van der Waals surface area contributed by atoms with Gasteiger partial charge in [-0.15, -0.1) is 5.92 Å². The summed E-state index contributed by atoms with van der Waals surface area (Å²) in [6, 6.07) is 14.4. The van der Waals surface area contributed by atoms with E-state index < -0.39 is 5.60 Å². The number of nitrogens with zero attached hydrogens (tertiary/aromatic N) is 4. The molecule has 0 aromatic heterocycles. The molecule has 1 atom stereocenters. The van der Waals surface area contributed by atoms with Gasteiger partial charge in [-0.05, 0) is 86.6 Å². The lowest BCUT2D eigenvalue weighted by atomic mass is 9.70. The highest BCUT2D eigenvalue weighted by molar-refractivity contribution is 6.32. The lowest BCUT2D eigenvalue weighted by Crippen LogP contribution is -2.27. The number of unbranched alkanes of at least 4 members (excludes halogenated alkanes) is 2. The average molecular weight is 717 g/mol. The number of carbonyl (C=O) groups excluding carboxylic acids is 1. The molecule has 2 heterocycles. The van der Waals surface area contributed by atoms with E-state index in [0.29, 0.717) is 22.9 Å². The molecule has 8 heteroatoms. The van der Waals surface area contributed by atoms with Gasteiger partial charge in [-0.3, -0.25) is 4.79 Å². The predicted octanol–water partition coefficient (Wildman–Crippen LogP) is 10.2. The molecule has 1 unspecified atom stereocenters. The van der Waals surface area contributed by atoms with Crippen molar-refractivity contribution < 1.29 is 14.3 Å². The van der Waals surface area contributed by atoms with Crippen LogP contribution in [0.5, 0.6) is 0 Å². The minimum absolute atomic E-state index is 0.00482. The molecule has 0 N–H and O–H groups in total. The number of ether oxygens (including phenoxy) is 2. The van der Waals surface area contributed by atoms with Crippen LogP contribution in [-0.2, 0) is 19.7 Å². The SMILES string of the molecule is CC#CCOC(=O)CCCCCN1/C(=C\C=C2\CC(C(C)(C)C)CC(/C=C/C3=C(C#N)C(=C(C#N)C#N)OC3(C)C)=C2Cl)C(C)(C)c2ccccc21. The van der Waals surface area contributed by atoms with Crippen molar-refractivity contribution in [3.05, 3.63) is 98.5 Å². The third kappa shape index (κ3) is 8.73. The van der Waals surface area contributed by atoms with E-state index in [4.69, 9.17) is 21.1 Å². The third-order valence-electron chi connectivity index (χ3n) is 10.2. The van der Waals surface area contributed by atoms with Gasteiger partial charge in [-0.25, -0.2) is 0 Å². The first kappa shape index (κ1) is 39.8. The number of allylic oxidation sites excluding steroid dienone is 9. The minimum Gasteiger partial charge on any atom is -0.480 e. The molecule has 0 spiro atoms. The van der Waals surface area contributed by atoms with Gasteiger partial charge in [-0.2, -0.15) is 15.8 Å². The first-order valence-electron chi connectivity index (χ1n) is 17.9. The zero-order valence-electron chi connectivity index (χ0n) is 31.7. The number of hydrogen-bond donors (Lipinski definition) is 0. The van der Waals surface area contributed by atoms with Crippen molar-refractivity contribution in [1.82, 2.24) is 0 Å². The van der Waals surface area contributed by atoms with Crippen molar-refractivity contribution in [2.24, 2.45) is 11.3 Å². The lowest BCUT2D eigenvalue weighted by Gasteiger charge is -2.36. The molecule has 0 bridgehead atoms. The second-order valence-corrected chi connectivity index (χ2v) is 15.9. The van der Waals surface area contributed by atoms with Crippen molar-refractivity contribution >= 4 is 23.3 Å². The molecule has 1 aromatic carbocycles. The molecule has 0 amide bonds. The number of carbonyl (C=O) groups is 1. The van der Waals surface area contributed by atoms with Gasteiger partial charge in [0.05, 0.1) is 0 Å². The van der Waals surface area contributed by atoms with E-state index in [0.717, 1.165) is 49.8 Å². The standard InChI is InChI=1S/C44H49ClN4O3/c1-9-10-24-51-39(50)18-12-11-15-23-49-37-17-14-13-16-36(37)43(5,6)38(49)22-20-31-26-33(42(2,3)4)25-30(40(31)45)19-21-35-34(29-48)41(32(27-46)28-47)52-44(35,7)8/h13-14,16-17,19-22,33H,11-12,15,18,23-26H2,1-8H3/b21-19+,31-20-,38-22-. The smallest absolute Gasteiger partial charge is 0.306 e. The second-order valence-electron chi connectivity index (χ2n) is 15.5. The largest absolute Gasteiger partial charge is 0.480 e. The summed E-state index contributed by atoms with van der Waals surface area (Å²) in [5.41, 5.74) is 5.08. The highest BCUT2D eigenvalue weighted by Crippen LogP contribution is 2.49. The molecule has 4 rings (SSSR count). The van der Waals surface area contributed by atoms with Crippen LogP contribution in [0.4, 0.5) is 5.69 Å². The van der Waals surface area contributed by atoms with Gasteiger partial charge in [0.1, 0.15) is 29.4 Å². The summed E-state index contributed by atoms with van der Waals surface area (Å²) in [6.07, 6.45) is 12.8. The van der Waals surface area contributed by atoms with Crippen LogP contribution < -0.4 is 4.90 Å². The summed E-state index contributed by atoms with van der Waals surface area (Å²) >= 11 is 7.25. The van der Waals surface area contributed by atoms with Crippen LogP contribution in [0.3, 0.4) is 0 Å². The van der Waals surface area contributed by atoms with Gasteiger partial charge in [0.2, 0.25) is 0 Å². The Morgan fingerprint density at radius 2 is 1.75 bits per heavy atom. The van der Waals surface area contributed by atoms with Crippen molar-refractivity contribution in [3.63, 3.8) is 0 Å². The first-order chi connectivity index (χ1) is 24.6. The predicted molar refractivity (Wildman–Crippen MR) is 206 cm³/mol. The Morgan fingerprint density at radius 1 is 1.04 bits per heavy atom. The van der Waals surface area contributed by atoms with E-state index in [-0.39, 0.29) is 40.3 Å². The van der Waals surface area contributed by atoms with E-state index in [2.05, 4.69) is 93.8 Å². The van der Waals surface area contributed by atoms with Crippen LogP contribution in [0.2, 0.25) is 0 Å². The van der Waals surface area contributed by atoms with Crippen LogP contribution in [0.25, 0.3) is 0 Å². The van der Waals surface area contributed by atoms with Crippen molar-refractivity contribution in [3.8, 4) is 30.0 Å². The fraction of sp³-hybridized carbons (Fsp3) is 0.455. The quantitative estimate of drug-likeness (QED) is 0.103. The summed E-state index contributed by atoms with van der Waals surface area (Å²) in [5.74, 6) is 5.61. The van der Waals surface area contributed by atoms with Gasteiger partial charge in [-0.1, -0.05) is 95.0 Å². The van der Waals surface area contributed by atoms with Crippen LogP contribution >= 0.6 is 11.6 Å². The van der Waals surface area contributed by atoms with Gasteiger partial charge in [0.25, 0.3) is 0 Å². The summed E-state index contributed by atoms with van der Waals surface area (Å²) in [5, 5.41) is 29.7. The molecule has 3 aliphatic rings. The number of benzene rings is 1. The van der Waals surface area contributed by atoms with Crippen LogP contribution in [0.15, 0.2) is 92.9 Å². The number of rotatable bonds is 10. The summed E-state index contributed by atoms with van der Waals surface area (Å²) in [7, 11) is 0. The average Bonchev–Trinajstić information content (AvgIpc) is 3.47. The number of hydrogen-bond acceptors (Lipinski definition) is 7. The first-order valence-corrected chi connectivity index (χ1v) is 18.3. The van der Waals surface area contributed by atoms with E-state index in [9.17, 15) is 20.6 Å². The summed E-state index contributed by atoms with van der Waals surface area (Å²) < 4.78 is 11.2. The highest BCUT2D eigenvalue weighted by atomic mass is 35.5. The fourth-order valence-electron chi connectivity index (χ4n) is 7.09. The molecule has 270 valence electrons. The molecule has 2 aliphatic heterocycles. The van der Waals surface area contributed by atoms with Crippen molar-refractivity contribution in [2.75, 3.05) is 18.1 Å². The van der Waals surface area contributed by atoms with Gasteiger partial charge < -0.3 is 14.4 Å². The Kier molecular flexibility index (Phi) is 12.7. The Hall–Kier alpha value is -4.95. The molecule has 7 nitrogen and oxygen atoms in total. The molecule has 0 saturated heterocycles. The van der Waals surface area contributed by atoms with Crippen LogP contribution in [-0.4, -0.2) is 24.7 Å². The molecular weight excluding hydrogens is 668 g/mol. The minimum atomic E-state index is -0.913. The number of esters is 1. The number of halogens is 1. The second kappa shape index (κ2) is 16.6. The Morgan fingerprint density at radius 3 is 2.40 bits per heavy atom. The number of nitriles is 3. The number of para-hydroxylation sites is 1. The monoisotopic (exact) mass is 716 g/mol. The topological polar surface area (TPSA) is 110 Å². The Labute approximate surface area is 315 Å². The maximum Gasteiger partial charge on any atom is 0.306 e. The molecule has 0 radical (unpaired) electrons. The molecule has 1 aliphatic carbocycles. The summed E-state index contributed by atoms with van der Waals surface area (Å²) in [4.78, 5) is 14.5. The normalized spacial score (nSPS) is 20.6. The maximum absolute atomic E-state index is 12.1. The van der Waals surface area contributed by atoms with Crippen LogP contribution in [0.1, 0.15) is 99.5 Å². The van der Waals surface area contributed by atoms with Gasteiger partial charge in [0, 0.05) is 40.4 Å².